The van der Waals surface area contributed by atoms with E-state index in [1.54, 1.807) is 20.8 Å². The molecule has 1 aliphatic rings. The molecule has 6 nitrogen and oxygen atoms in total. The number of hydrogen-bond donors (Lipinski definition) is 1. The van der Waals surface area contributed by atoms with E-state index in [1.165, 1.54) is 0 Å². The highest BCUT2D eigenvalue weighted by Crippen LogP contribution is 2.19. The summed E-state index contributed by atoms with van der Waals surface area (Å²) in [6, 6.07) is -0.996. The Morgan fingerprint density at radius 3 is 2.44 bits per heavy atom. The molecule has 90 valence electrons. The maximum absolute atomic E-state index is 11.6. The van der Waals surface area contributed by atoms with Gasteiger partial charge in [-0.15, -0.1) is 0 Å². The van der Waals surface area contributed by atoms with Crippen LogP contribution in [0, 0.1) is 0 Å². The molecule has 1 aliphatic heterocycles. The number of carbonyl (C=O) groups excluding carboxylic acids is 2. The Labute approximate surface area is 93.2 Å². The molecule has 1 N–H and O–H groups in total. The average Bonchev–Trinajstić information content (AvgIpc) is 2.44. The number of Topliss-reactive ketones (excluding diaryl/α,β-unsaturated/α-hetero) is 1. The van der Waals surface area contributed by atoms with Crippen LogP contribution in [0.3, 0.4) is 0 Å². The van der Waals surface area contributed by atoms with E-state index in [0.29, 0.717) is 0 Å². The van der Waals surface area contributed by atoms with Gasteiger partial charge in [0.15, 0.2) is 5.78 Å². The summed E-state index contributed by atoms with van der Waals surface area (Å²) >= 11 is 0. The van der Waals surface area contributed by atoms with Crippen LogP contribution in [-0.4, -0.2) is 46.0 Å². The standard InChI is InChI=1S/C10H15NO5/c1-10(2,3)16-8(13)7-4-6(12)5-11(7)9(14)15/h7H,4-5H2,1-3H3,(H,14,15). The lowest BCUT2D eigenvalue weighted by Gasteiger charge is -2.25. The van der Waals surface area contributed by atoms with E-state index >= 15 is 0 Å². The van der Waals surface area contributed by atoms with Gasteiger partial charge in [-0.25, -0.2) is 9.59 Å². The molecule has 1 saturated heterocycles. The van der Waals surface area contributed by atoms with Crippen molar-refractivity contribution in [3.05, 3.63) is 0 Å². The van der Waals surface area contributed by atoms with Crippen LogP contribution in [0.5, 0.6) is 0 Å². The van der Waals surface area contributed by atoms with Crippen LogP contribution in [0.15, 0.2) is 0 Å². The van der Waals surface area contributed by atoms with E-state index < -0.39 is 23.7 Å². The van der Waals surface area contributed by atoms with Crippen molar-refractivity contribution < 1.29 is 24.2 Å². The fourth-order valence-corrected chi connectivity index (χ4v) is 1.47. The average molecular weight is 229 g/mol. The molecule has 1 amide bonds. The maximum atomic E-state index is 11.6. The number of carboxylic acid groups (broad SMARTS) is 1. The molecular formula is C10H15NO5. The molecule has 0 aromatic carbocycles. The number of ketones is 1. The third-order valence-electron chi connectivity index (χ3n) is 2.07. The summed E-state index contributed by atoms with van der Waals surface area (Å²) < 4.78 is 5.05. The van der Waals surface area contributed by atoms with Crippen LogP contribution in [-0.2, 0) is 14.3 Å². The number of amides is 1. The lowest BCUT2D eigenvalue weighted by atomic mass is 10.1. The van der Waals surface area contributed by atoms with E-state index in [-0.39, 0.29) is 18.7 Å². The van der Waals surface area contributed by atoms with Gasteiger partial charge in [-0.05, 0) is 20.8 Å². The second kappa shape index (κ2) is 4.11. The van der Waals surface area contributed by atoms with Crippen molar-refractivity contribution >= 4 is 17.8 Å². The maximum Gasteiger partial charge on any atom is 0.408 e. The zero-order valence-electron chi connectivity index (χ0n) is 9.52. The summed E-state index contributed by atoms with van der Waals surface area (Å²) in [6.07, 6.45) is -1.37. The highest BCUT2D eigenvalue weighted by Gasteiger charge is 2.41. The van der Waals surface area contributed by atoms with Crippen LogP contribution in [0.4, 0.5) is 4.79 Å². The molecule has 0 bridgehead atoms. The second-order valence-electron chi connectivity index (χ2n) is 4.70. The van der Waals surface area contributed by atoms with E-state index in [2.05, 4.69) is 0 Å². The number of likely N-dealkylation sites (tertiary alicyclic amines) is 1. The van der Waals surface area contributed by atoms with Crippen LogP contribution >= 0.6 is 0 Å². The number of rotatable bonds is 1. The van der Waals surface area contributed by atoms with Crippen molar-refractivity contribution in [3.8, 4) is 0 Å². The molecule has 1 fully saturated rings. The topological polar surface area (TPSA) is 83.9 Å². The zero-order valence-corrected chi connectivity index (χ0v) is 9.52. The summed E-state index contributed by atoms with van der Waals surface area (Å²) in [6.45, 7) is 4.82. The Hall–Kier alpha value is -1.59. The molecule has 0 aliphatic carbocycles. The molecule has 6 heteroatoms. The van der Waals surface area contributed by atoms with Crippen molar-refractivity contribution in [3.63, 3.8) is 0 Å². The molecular weight excluding hydrogens is 214 g/mol. The number of hydrogen-bond acceptors (Lipinski definition) is 4. The lowest BCUT2D eigenvalue weighted by Crippen LogP contribution is -2.42. The summed E-state index contributed by atoms with van der Waals surface area (Å²) in [7, 11) is 0. The van der Waals surface area contributed by atoms with Crippen molar-refractivity contribution in [2.45, 2.75) is 38.8 Å². The minimum Gasteiger partial charge on any atom is -0.465 e. The fourth-order valence-electron chi connectivity index (χ4n) is 1.47. The smallest absolute Gasteiger partial charge is 0.408 e. The van der Waals surface area contributed by atoms with E-state index in [0.717, 1.165) is 4.90 Å². The number of ether oxygens (including phenoxy) is 1. The third kappa shape index (κ3) is 2.95. The number of nitrogens with zero attached hydrogens (tertiary/aromatic N) is 1. The molecule has 0 radical (unpaired) electrons. The lowest BCUT2D eigenvalue weighted by molar-refractivity contribution is -0.159. The van der Waals surface area contributed by atoms with Crippen molar-refractivity contribution in [2.24, 2.45) is 0 Å². The largest absolute Gasteiger partial charge is 0.465 e. The third-order valence-corrected chi connectivity index (χ3v) is 2.07. The van der Waals surface area contributed by atoms with Gasteiger partial charge < -0.3 is 9.84 Å². The molecule has 0 aromatic rings. The van der Waals surface area contributed by atoms with Crippen LogP contribution < -0.4 is 0 Å². The molecule has 16 heavy (non-hydrogen) atoms. The van der Waals surface area contributed by atoms with Gasteiger partial charge in [-0.1, -0.05) is 0 Å². The normalized spacial score (nSPS) is 21.1. The predicted octanol–water partition coefficient (Wildman–Crippen LogP) is 0.650. The first-order valence-electron chi connectivity index (χ1n) is 4.95. The summed E-state index contributed by atoms with van der Waals surface area (Å²) in [5.41, 5.74) is -0.688. The highest BCUT2D eigenvalue weighted by atomic mass is 16.6. The summed E-state index contributed by atoms with van der Waals surface area (Å²) in [5.74, 6) is -0.931. The quantitative estimate of drug-likeness (QED) is 0.667. The van der Waals surface area contributed by atoms with Crippen molar-refractivity contribution in [1.29, 1.82) is 0 Å². The SMILES string of the molecule is CC(C)(C)OC(=O)C1CC(=O)CN1C(=O)O. The van der Waals surface area contributed by atoms with Crippen molar-refractivity contribution in [1.82, 2.24) is 4.90 Å². The van der Waals surface area contributed by atoms with Gasteiger partial charge in [-0.3, -0.25) is 9.69 Å². The Bertz CT molecular complexity index is 331. The Morgan fingerprint density at radius 2 is 2.00 bits per heavy atom. The first-order valence-corrected chi connectivity index (χ1v) is 4.95. The van der Waals surface area contributed by atoms with E-state index in [9.17, 15) is 14.4 Å². The Kier molecular flexibility index (Phi) is 3.21. The number of esters is 1. The van der Waals surface area contributed by atoms with Gasteiger partial charge >= 0.3 is 12.1 Å². The van der Waals surface area contributed by atoms with Crippen LogP contribution in [0.25, 0.3) is 0 Å². The molecule has 1 rings (SSSR count). The number of carbonyl (C=O) groups is 3. The minimum absolute atomic E-state index is 0.0960. The molecule has 0 aromatic heterocycles. The van der Waals surface area contributed by atoms with Gasteiger partial charge in [0.25, 0.3) is 0 Å². The van der Waals surface area contributed by atoms with Gasteiger partial charge in [-0.2, -0.15) is 0 Å². The molecule has 0 saturated carbocycles. The van der Waals surface area contributed by atoms with Crippen LogP contribution in [0.1, 0.15) is 27.2 Å². The minimum atomic E-state index is -1.28. The van der Waals surface area contributed by atoms with Gasteiger partial charge in [0.05, 0.1) is 6.54 Å². The Morgan fingerprint density at radius 1 is 1.44 bits per heavy atom. The summed E-state index contributed by atoms with van der Waals surface area (Å²) in [4.78, 5) is 34.4. The molecule has 1 heterocycles. The highest BCUT2D eigenvalue weighted by molar-refractivity contribution is 5.95. The first-order chi connectivity index (χ1) is 7.20. The van der Waals surface area contributed by atoms with E-state index in [4.69, 9.17) is 9.84 Å². The van der Waals surface area contributed by atoms with Crippen molar-refractivity contribution in [2.75, 3.05) is 6.54 Å². The predicted molar refractivity (Wildman–Crippen MR) is 54.0 cm³/mol. The van der Waals surface area contributed by atoms with Gasteiger partial charge in [0, 0.05) is 6.42 Å². The second-order valence-corrected chi connectivity index (χ2v) is 4.70. The molecule has 0 spiro atoms. The van der Waals surface area contributed by atoms with Gasteiger partial charge in [0.2, 0.25) is 0 Å². The summed E-state index contributed by atoms with van der Waals surface area (Å²) in [5, 5.41) is 8.81. The monoisotopic (exact) mass is 229 g/mol. The van der Waals surface area contributed by atoms with E-state index in [1.807, 2.05) is 0 Å². The van der Waals surface area contributed by atoms with Gasteiger partial charge in [0.1, 0.15) is 11.6 Å². The fraction of sp³-hybridized carbons (Fsp3) is 0.700. The first kappa shape index (κ1) is 12.5. The molecule has 1 unspecified atom stereocenters. The Balaban J connectivity index is 2.75. The van der Waals surface area contributed by atoms with Crippen LogP contribution in [0.2, 0.25) is 0 Å². The molecule has 1 atom stereocenters. The zero-order chi connectivity index (χ0) is 12.5.